The van der Waals surface area contributed by atoms with Gasteiger partial charge in [0, 0.05) is 19.2 Å². The average Bonchev–Trinajstić information content (AvgIpc) is 2.77. The smallest absolute Gasteiger partial charge is 0.245 e. The number of aromatic nitrogens is 2. The van der Waals surface area contributed by atoms with Gasteiger partial charge in [0.2, 0.25) is 5.91 Å². The topological polar surface area (TPSA) is 87.6 Å². The number of nitrogens with zero attached hydrogens (tertiary/aromatic N) is 3. The molecule has 31 heavy (non-hydrogen) atoms. The Morgan fingerprint density at radius 3 is 2.55 bits per heavy atom. The van der Waals surface area contributed by atoms with Crippen molar-refractivity contribution >= 4 is 17.5 Å². The van der Waals surface area contributed by atoms with Crippen molar-refractivity contribution in [1.82, 2.24) is 9.97 Å². The first kappa shape index (κ1) is 21.7. The molecule has 1 saturated carbocycles. The molecule has 1 amide bonds. The van der Waals surface area contributed by atoms with Gasteiger partial charge in [-0.25, -0.2) is 9.97 Å². The second-order valence-corrected chi connectivity index (χ2v) is 9.20. The van der Waals surface area contributed by atoms with Gasteiger partial charge in [-0.3, -0.25) is 4.79 Å². The Bertz CT molecular complexity index is 915. The van der Waals surface area contributed by atoms with Gasteiger partial charge < -0.3 is 20.1 Å². The van der Waals surface area contributed by atoms with Crippen molar-refractivity contribution in [3.63, 3.8) is 0 Å². The lowest BCUT2D eigenvalue weighted by Gasteiger charge is -2.32. The second kappa shape index (κ2) is 8.93. The summed E-state index contributed by atoms with van der Waals surface area (Å²) < 4.78 is 5.48. The quantitative estimate of drug-likeness (QED) is 0.735. The fourth-order valence-corrected chi connectivity index (χ4v) is 4.48. The molecular weight excluding hydrogens is 392 g/mol. The highest BCUT2D eigenvalue weighted by atomic mass is 16.5. The maximum atomic E-state index is 12.2. The van der Waals surface area contributed by atoms with Gasteiger partial charge in [-0.15, -0.1) is 0 Å². The number of nitrogens with one attached hydrogen (secondary N) is 1. The van der Waals surface area contributed by atoms with Crippen molar-refractivity contribution in [3.8, 4) is 11.3 Å². The van der Waals surface area contributed by atoms with E-state index in [4.69, 9.17) is 9.72 Å². The van der Waals surface area contributed by atoms with E-state index in [0.717, 1.165) is 48.4 Å². The van der Waals surface area contributed by atoms with Crippen LogP contribution in [0.4, 0.5) is 11.6 Å². The summed E-state index contributed by atoms with van der Waals surface area (Å²) in [6, 6.07) is 7.71. The molecule has 0 radical (unpaired) electrons. The van der Waals surface area contributed by atoms with Crippen LogP contribution < -0.4 is 10.2 Å². The van der Waals surface area contributed by atoms with Crippen LogP contribution in [-0.2, 0) is 15.1 Å². The molecule has 7 nitrogen and oxygen atoms in total. The third-order valence-electron chi connectivity index (χ3n) is 6.47. The van der Waals surface area contributed by atoms with E-state index < -0.39 is 5.60 Å². The number of hydrogen-bond donors (Lipinski definition) is 2. The van der Waals surface area contributed by atoms with Gasteiger partial charge in [-0.05, 0) is 57.4 Å². The van der Waals surface area contributed by atoms with Crippen LogP contribution in [0.3, 0.4) is 0 Å². The van der Waals surface area contributed by atoms with Gasteiger partial charge in [-0.2, -0.15) is 0 Å². The number of methoxy groups -OCH3 is 1. The molecule has 1 aromatic heterocycles. The first-order valence-electron chi connectivity index (χ1n) is 11.1. The van der Waals surface area contributed by atoms with E-state index in [1.807, 2.05) is 24.3 Å². The van der Waals surface area contributed by atoms with E-state index >= 15 is 0 Å². The fourth-order valence-electron chi connectivity index (χ4n) is 4.48. The molecule has 0 atom stereocenters. The molecular formula is C24H32N4O3. The minimum atomic E-state index is -0.885. The predicted molar refractivity (Wildman–Crippen MR) is 121 cm³/mol. The first-order valence-corrected chi connectivity index (χ1v) is 11.1. The van der Waals surface area contributed by atoms with Crippen LogP contribution in [0.25, 0.3) is 11.3 Å². The summed E-state index contributed by atoms with van der Waals surface area (Å²) in [4.78, 5) is 23.6. The minimum absolute atomic E-state index is 0.0489. The second-order valence-electron chi connectivity index (χ2n) is 9.20. The molecule has 0 bridgehead atoms. The summed E-state index contributed by atoms with van der Waals surface area (Å²) in [7, 11) is 1.79. The molecule has 2 N–H and O–H groups in total. The van der Waals surface area contributed by atoms with Gasteiger partial charge in [-0.1, -0.05) is 24.3 Å². The summed E-state index contributed by atoms with van der Waals surface area (Å²) in [6.45, 7) is 4.63. The molecule has 0 unspecified atom stereocenters. The average molecular weight is 425 g/mol. The van der Waals surface area contributed by atoms with E-state index in [0.29, 0.717) is 24.4 Å². The summed E-state index contributed by atoms with van der Waals surface area (Å²) in [5.74, 6) is 1.86. The molecule has 1 fully saturated rings. The lowest BCUT2D eigenvalue weighted by atomic mass is 9.85. The molecule has 1 aromatic carbocycles. The number of ether oxygens (including phenoxy) is 1. The molecule has 166 valence electrons. The van der Waals surface area contributed by atoms with Crippen molar-refractivity contribution in [2.45, 2.75) is 57.7 Å². The fraction of sp³-hybridized carbons (Fsp3) is 0.542. The lowest BCUT2D eigenvalue weighted by molar-refractivity contribution is -0.115. The van der Waals surface area contributed by atoms with Crippen molar-refractivity contribution < 1.29 is 14.6 Å². The number of carbonyl (C=O) groups excluding carboxylic acids is 1. The number of anilines is 2. The molecule has 1 aliphatic carbocycles. The number of amides is 1. The first-order chi connectivity index (χ1) is 14.8. The van der Waals surface area contributed by atoms with Crippen LogP contribution >= 0.6 is 0 Å². The van der Waals surface area contributed by atoms with Crippen molar-refractivity contribution in [2.75, 3.05) is 30.4 Å². The molecule has 4 rings (SSSR count). The zero-order valence-corrected chi connectivity index (χ0v) is 18.6. The summed E-state index contributed by atoms with van der Waals surface area (Å²) in [5, 5.41) is 13.0. The molecule has 0 saturated heterocycles. The SMILES string of the molecule is COC1CCC(CCN2CC(=O)Nc3ncc(-c4ccc(C(C)(C)O)cc4)nc32)CC1. The predicted octanol–water partition coefficient (Wildman–Crippen LogP) is 3.72. The third-order valence-corrected chi connectivity index (χ3v) is 6.47. The van der Waals surface area contributed by atoms with Crippen LogP contribution in [0.1, 0.15) is 51.5 Å². The Kier molecular flexibility index (Phi) is 6.25. The van der Waals surface area contributed by atoms with Crippen molar-refractivity contribution in [1.29, 1.82) is 0 Å². The van der Waals surface area contributed by atoms with Gasteiger partial charge >= 0.3 is 0 Å². The molecule has 0 spiro atoms. The number of aliphatic hydroxyl groups is 1. The number of fused-ring (bicyclic) bond motifs is 1. The van der Waals surface area contributed by atoms with E-state index in [2.05, 4.69) is 15.2 Å². The Morgan fingerprint density at radius 1 is 1.19 bits per heavy atom. The molecule has 2 aromatic rings. The van der Waals surface area contributed by atoms with Crippen LogP contribution in [0.15, 0.2) is 30.5 Å². The van der Waals surface area contributed by atoms with E-state index in [1.165, 1.54) is 12.8 Å². The van der Waals surface area contributed by atoms with Crippen LogP contribution in [-0.4, -0.2) is 47.3 Å². The number of carbonyl (C=O) groups is 1. The maximum absolute atomic E-state index is 12.2. The number of hydrogen-bond acceptors (Lipinski definition) is 6. The van der Waals surface area contributed by atoms with Crippen LogP contribution in [0.2, 0.25) is 0 Å². The zero-order valence-electron chi connectivity index (χ0n) is 18.6. The molecule has 2 aliphatic rings. The van der Waals surface area contributed by atoms with Crippen LogP contribution in [0.5, 0.6) is 0 Å². The maximum Gasteiger partial charge on any atom is 0.245 e. The van der Waals surface area contributed by atoms with Gasteiger partial charge in [0.05, 0.1) is 30.1 Å². The van der Waals surface area contributed by atoms with E-state index in [1.54, 1.807) is 27.2 Å². The highest BCUT2D eigenvalue weighted by Gasteiger charge is 2.27. The largest absolute Gasteiger partial charge is 0.386 e. The normalized spacial score (nSPS) is 21.5. The Balaban J connectivity index is 1.50. The van der Waals surface area contributed by atoms with Gasteiger partial charge in [0.25, 0.3) is 0 Å². The molecule has 7 heteroatoms. The van der Waals surface area contributed by atoms with E-state index in [-0.39, 0.29) is 5.91 Å². The molecule has 1 aliphatic heterocycles. The Morgan fingerprint density at radius 2 is 1.90 bits per heavy atom. The summed E-state index contributed by atoms with van der Waals surface area (Å²) >= 11 is 0. The third kappa shape index (κ3) is 5.05. The number of rotatable bonds is 6. The molecule has 2 heterocycles. The van der Waals surface area contributed by atoms with Crippen molar-refractivity contribution in [2.24, 2.45) is 5.92 Å². The minimum Gasteiger partial charge on any atom is -0.386 e. The van der Waals surface area contributed by atoms with Gasteiger partial charge in [0.15, 0.2) is 11.6 Å². The van der Waals surface area contributed by atoms with Crippen LogP contribution in [0, 0.1) is 5.92 Å². The zero-order chi connectivity index (χ0) is 22.0. The van der Waals surface area contributed by atoms with E-state index in [9.17, 15) is 9.90 Å². The van der Waals surface area contributed by atoms with Gasteiger partial charge in [0.1, 0.15) is 0 Å². The lowest BCUT2D eigenvalue weighted by Crippen LogP contribution is -2.40. The Hall–Kier alpha value is -2.51. The van der Waals surface area contributed by atoms with Crippen molar-refractivity contribution in [3.05, 3.63) is 36.0 Å². The summed E-state index contributed by atoms with van der Waals surface area (Å²) in [5.41, 5.74) is 1.64. The monoisotopic (exact) mass is 424 g/mol. The highest BCUT2D eigenvalue weighted by Crippen LogP contribution is 2.32. The Labute approximate surface area is 183 Å². The standard InChI is InChI=1S/C24H32N4O3/c1-24(2,30)18-8-6-17(7-9-18)20-14-25-22-23(26-20)28(15-21(29)27-22)13-12-16-4-10-19(31-3)11-5-16/h6-9,14,16,19,30H,4-5,10-13,15H2,1-3H3,(H,25,27,29). The highest BCUT2D eigenvalue weighted by molar-refractivity contribution is 5.99. The summed E-state index contributed by atoms with van der Waals surface area (Å²) in [6.07, 6.45) is 7.69. The number of benzene rings is 1.